The molecule has 1 unspecified atom stereocenters. The third-order valence-corrected chi connectivity index (χ3v) is 2.15. The Morgan fingerprint density at radius 1 is 1.38 bits per heavy atom. The van der Waals surface area contributed by atoms with Gasteiger partial charge < -0.3 is 15.1 Å². The van der Waals surface area contributed by atoms with Gasteiger partial charge in [-0.1, -0.05) is 6.92 Å². The largest absolute Gasteiger partial charge is 0.479 e. The summed E-state index contributed by atoms with van der Waals surface area (Å²) in [6.45, 7) is 1.80. The van der Waals surface area contributed by atoms with Crippen LogP contribution in [0.1, 0.15) is 19.8 Å². The number of alkyl halides is 3. The van der Waals surface area contributed by atoms with E-state index in [1.165, 1.54) is 0 Å². The topological polar surface area (TPSA) is 89.3 Å². The smallest absolute Gasteiger partial charge is 0.421 e. The number of carbonyl (C=O) groups excluding carboxylic acids is 1. The Hall–Kier alpha value is -0.730. The molecule has 0 spiro atoms. The van der Waals surface area contributed by atoms with Crippen molar-refractivity contribution in [2.24, 2.45) is 5.92 Å². The summed E-state index contributed by atoms with van der Waals surface area (Å²) in [7, 11) is 0. The Labute approximate surface area is 94.7 Å². The molecule has 0 heterocycles. The van der Waals surface area contributed by atoms with E-state index in [0.29, 0.717) is 12.8 Å². The number of hydrogen-bond donors (Lipinski definition) is 0. The van der Waals surface area contributed by atoms with Gasteiger partial charge in [0.15, 0.2) is 17.8 Å². The van der Waals surface area contributed by atoms with Crippen molar-refractivity contribution >= 4 is 17.8 Å². The van der Waals surface area contributed by atoms with Crippen LogP contribution in [0, 0.1) is 5.92 Å². The molecule has 1 aliphatic carbocycles. The number of allylic oxidation sites excluding steroid dienone is 2. The maximum Gasteiger partial charge on any atom is 0.479 e. The number of halogens is 3. The number of carbonyl (C=O) groups is 1. The molecule has 0 saturated heterocycles. The minimum atomic E-state index is -4.43. The van der Waals surface area contributed by atoms with Crippen LogP contribution in [0.5, 0.6) is 0 Å². The van der Waals surface area contributed by atoms with E-state index >= 15 is 0 Å². The lowest BCUT2D eigenvalue weighted by Gasteiger charge is -2.17. The summed E-state index contributed by atoms with van der Waals surface area (Å²) in [5.74, 6) is -0.0195. The highest BCUT2D eigenvalue weighted by Gasteiger charge is 2.32. The third-order valence-electron chi connectivity index (χ3n) is 1.66. The molecule has 96 valence electrons. The average molecular weight is 262 g/mol. The van der Waals surface area contributed by atoms with E-state index in [1.54, 1.807) is 6.92 Å². The highest BCUT2D eigenvalue weighted by Crippen LogP contribution is 2.35. The highest BCUT2D eigenvalue weighted by atomic mass is 32.2. The zero-order valence-electron chi connectivity index (χ0n) is 8.43. The number of ketones is 1. The summed E-state index contributed by atoms with van der Waals surface area (Å²) in [5, 5.41) is 0. The molecule has 8 heteroatoms. The van der Waals surface area contributed by atoms with Crippen LogP contribution in [0.25, 0.3) is 0 Å². The molecule has 0 aromatic rings. The quantitative estimate of drug-likeness (QED) is 0.704. The van der Waals surface area contributed by atoms with Crippen LogP contribution in [0.2, 0.25) is 0 Å². The molecule has 1 rings (SSSR count). The fourth-order valence-electron chi connectivity index (χ4n) is 1.22. The van der Waals surface area contributed by atoms with E-state index in [9.17, 15) is 18.0 Å². The van der Waals surface area contributed by atoms with Gasteiger partial charge in [-0.05, 0) is 5.92 Å². The standard InChI is InChI=1S/C8H9F3O2S.2H2O/c1-5-2-6(12)4-7(3-5)13-14-8(9,10)11;;/h4-5H,2-3H2,1H3;2*1H2. The second kappa shape index (κ2) is 6.77. The summed E-state index contributed by atoms with van der Waals surface area (Å²) in [6.07, 6.45) is 1.90. The van der Waals surface area contributed by atoms with Crippen molar-refractivity contribution in [3.8, 4) is 0 Å². The molecule has 0 aromatic carbocycles. The molecule has 16 heavy (non-hydrogen) atoms. The summed E-state index contributed by atoms with van der Waals surface area (Å²) in [6, 6.07) is 0. The van der Waals surface area contributed by atoms with Gasteiger partial charge in [0.2, 0.25) is 0 Å². The molecule has 0 radical (unpaired) electrons. The lowest BCUT2D eigenvalue weighted by molar-refractivity contribution is -0.116. The van der Waals surface area contributed by atoms with Gasteiger partial charge in [-0.25, -0.2) is 0 Å². The Bertz CT molecular complexity index is 264. The first-order valence-electron chi connectivity index (χ1n) is 4.02. The molecule has 1 aliphatic rings. The van der Waals surface area contributed by atoms with Gasteiger partial charge in [0, 0.05) is 18.9 Å². The summed E-state index contributed by atoms with van der Waals surface area (Å²) in [5.41, 5.74) is -4.43. The van der Waals surface area contributed by atoms with Crippen molar-refractivity contribution in [3.63, 3.8) is 0 Å². The minimum absolute atomic E-state index is 0. The SMILES string of the molecule is CC1CC(=O)C=C(OSC(F)(F)F)C1.O.O. The minimum Gasteiger partial charge on any atom is -0.421 e. The van der Waals surface area contributed by atoms with Crippen molar-refractivity contribution in [2.45, 2.75) is 25.3 Å². The monoisotopic (exact) mass is 262 g/mol. The molecular weight excluding hydrogens is 249 g/mol. The van der Waals surface area contributed by atoms with Gasteiger partial charge in [-0.15, -0.1) is 0 Å². The number of hydrogen-bond acceptors (Lipinski definition) is 3. The normalized spacial score (nSPS) is 20.4. The predicted octanol–water partition coefficient (Wildman–Crippen LogP) is 1.40. The van der Waals surface area contributed by atoms with Gasteiger partial charge in [0.25, 0.3) is 0 Å². The molecule has 0 bridgehead atoms. The first kappa shape index (κ1) is 17.7. The Morgan fingerprint density at radius 2 is 1.94 bits per heavy atom. The Kier molecular flexibility index (Phi) is 7.47. The average Bonchev–Trinajstić information content (AvgIpc) is 1.97. The van der Waals surface area contributed by atoms with Crippen LogP contribution in [0.4, 0.5) is 13.2 Å². The predicted molar refractivity (Wildman–Crippen MR) is 53.4 cm³/mol. The molecule has 0 saturated carbocycles. The van der Waals surface area contributed by atoms with Crippen LogP contribution in [0.3, 0.4) is 0 Å². The Morgan fingerprint density at radius 3 is 2.38 bits per heavy atom. The molecule has 0 amide bonds. The van der Waals surface area contributed by atoms with E-state index in [0.717, 1.165) is 6.08 Å². The molecule has 0 aromatic heterocycles. The second-order valence-corrected chi connectivity index (χ2v) is 4.00. The Balaban J connectivity index is 0. The van der Waals surface area contributed by atoms with Gasteiger partial charge in [-0.2, -0.15) is 13.2 Å². The van der Waals surface area contributed by atoms with E-state index in [-0.39, 0.29) is 28.4 Å². The van der Waals surface area contributed by atoms with Crippen molar-refractivity contribution in [2.75, 3.05) is 0 Å². The first-order chi connectivity index (χ1) is 6.37. The van der Waals surface area contributed by atoms with E-state index in [4.69, 9.17) is 0 Å². The molecule has 0 aliphatic heterocycles. The maximum absolute atomic E-state index is 11.7. The maximum atomic E-state index is 11.7. The molecule has 0 fully saturated rings. The fourth-order valence-corrected chi connectivity index (χ4v) is 1.53. The third kappa shape index (κ3) is 6.70. The van der Waals surface area contributed by atoms with E-state index < -0.39 is 17.6 Å². The van der Waals surface area contributed by atoms with Gasteiger partial charge in [0.05, 0.1) is 0 Å². The van der Waals surface area contributed by atoms with Crippen LogP contribution < -0.4 is 0 Å². The molecule has 4 N–H and O–H groups in total. The zero-order chi connectivity index (χ0) is 10.8. The van der Waals surface area contributed by atoms with Crippen LogP contribution in [0.15, 0.2) is 11.8 Å². The van der Waals surface area contributed by atoms with Gasteiger partial charge >= 0.3 is 5.51 Å². The number of rotatable bonds is 2. The van der Waals surface area contributed by atoms with E-state index in [2.05, 4.69) is 4.18 Å². The highest BCUT2D eigenvalue weighted by molar-refractivity contribution is 7.95. The van der Waals surface area contributed by atoms with Crippen molar-refractivity contribution in [3.05, 3.63) is 11.8 Å². The lowest BCUT2D eigenvalue weighted by atomic mass is 9.94. The molecule has 4 nitrogen and oxygen atoms in total. The summed E-state index contributed by atoms with van der Waals surface area (Å²) in [4.78, 5) is 11.0. The van der Waals surface area contributed by atoms with Gasteiger partial charge in [0.1, 0.15) is 5.76 Å². The van der Waals surface area contributed by atoms with Crippen molar-refractivity contribution < 1.29 is 33.1 Å². The molecule has 1 atom stereocenters. The van der Waals surface area contributed by atoms with Gasteiger partial charge in [-0.3, -0.25) is 4.79 Å². The van der Waals surface area contributed by atoms with E-state index in [1.807, 2.05) is 0 Å². The van der Waals surface area contributed by atoms with Crippen LogP contribution in [-0.2, 0) is 8.98 Å². The van der Waals surface area contributed by atoms with Crippen molar-refractivity contribution in [1.82, 2.24) is 0 Å². The first-order valence-corrected chi connectivity index (χ1v) is 4.77. The van der Waals surface area contributed by atoms with Crippen molar-refractivity contribution in [1.29, 1.82) is 0 Å². The molecular formula is C8H13F3O4S. The fraction of sp³-hybridized carbons (Fsp3) is 0.625. The second-order valence-electron chi connectivity index (χ2n) is 3.20. The lowest BCUT2D eigenvalue weighted by Crippen LogP contribution is -2.12. The summed E-state index contributed by atoms with van der Waals surface area (Å²) < 4.78 is 39.6. The summed E-state index contributed by atoms with van der Waals surface area (Å²) >= 11 is -0.576. The van der Waals surface area contributed by atoms with Crippen LogP contribution >= 0.6 is 12.0 Å². The van der Waals surface area contributed by atoms with Crippen LogP contribution in [-0.4, -0.2) is 22.2 Å². The zero-order valence-corrected chi connectivity index (χ0v) is 9.24.